The van der Waals surface area contributed by atoms with Crippen LogP contribution < -0.4 is 20.7 Å². The third-order valence-corrected chi connectivity index (χ3v) is 5.96. The molecule has 1 aromatic heterocycles. The van der Waals surface area contributed by atoms with Crippen molar-refractivity contribution in [2.45, 2.75) is 25.8 Å². The van der Waals surface area contributed by atoms with Gasteiger partial charge < -0.3 is 4.90 Å². The number of hydrogen-bond acceptors (Lipinski definition) is 3. The summed E-state index contributed by atoms with van der Waals surface area (Å²) in [5, 5.41) is 1.99. The van der Waals surface area contributed by atoms with E-state index in [1.165, 1.54) is 16.7 Å². The minimum Gasteiger partial charge on any atom is -0.368 e. The number of nitrogens with zero attached hydrogens (tertiary/aromatic N) is 4. The highest BCUT2D eigenvalue weighted by Gasteiger charge is 2.30. The molecule has 33 heavy (non-hydrogen) atoms. The van der Waals surface area contributed by atoms with Gasteiger partial charge in [-0.2, -0.15) is 17.7 Å². The van der Waals surface area contributed by atoms with Gasteiger partial charge in [0, 0.05) is 24.3 Å². The maximum Gasteiger partial charge on any atom is 0.416 e. The summed E-state index contributed by atoms with van der Waals surface area (Å²) in [5.41, 5.74) is 0.659. The van der Waals surface area contributed by atoms with Gasteiger partial charge in [0.15, 0.2) is 0 Å². The first-order chi connectivity index (χ1) is 15.8. The molecule has 0 unspecified atom stereocenters. The van der Waals surface area contributed by atoms with Crippen LogP contribution in [0.4, 0.5) is 19.1 Å². The average molecular weight is 472 g/mol. The molecule has 2 aliphatic heterocycles. The minimum atomic E-state index is -4.40. The molecule has 9 heteroatoms. The highest BCUT2D eigenvalue weighted by molar-refractivity contribution is 6.30. The van der Waals surface area contributed by atoms with Crippen molar-refractivity contribution >= 4 is 36.0 Å². The van der Waals surface area contributed by atoms with Crippen LogP contribution in [0.1, 0.15) is 16.7 Å². The number of aromatic nitrogens is 2. The molecule has 2 aromatic carbocycles. The van der Waals surface area contributed by atoms with Crippen molar-refractivity contribution in [1.82, 2.24) is 9.47 Å². The van der Waals surface area contributed by atoms with Gasteiger partial charge in [-0.25, -0.2) is 9.36 Å². The van der Waals surface area contributed by atoms with E-state index >= 15 is 0 Å². The molecule has 2 aliphatic rings. The molecule has 0 N–H and O–H groups in total. The Morgan fingerprint density at radius 2 is 1.85 bits per heavy atom. The Labute approximate surface area is 192 Å². The molecule has 0 saturated carbocycles. The molecule has 5 nitrogen and oxygen atoms in total. The van der Waals surface area contributed by atoms with Crippen LogP contribution in [0.15, 0.2) is 58.3 Å². The second kappa shape index (κ2) is 8.19. The van der Waals surface area contributed by atoms with Crippen molar-refractivity contribution in [2.75, 3.05) is 6.54 Å². The summed E-state index contributed by atoms with van der Waals surface area (Å²) < 4.78 is 42.2. The molecule has 5 rings (SSSR count). The largest absolute Gasteiger partial charge is 0.416 e. The van der Waals surface area contributed by atoms with Gasteiger partial charge in [0.05, 0.1) is 5.56 Å². The van der Waals surface area contributed by atoms with E-state index in [1.807, 2.05) is 46.0 Å². The number of alkyl halides is 3. The fourth-order valence-corrected chi connectivity index (χ4v) is 4.37. The first kappa shape index (κ1) is 21.5. The van der Waals surface area contributed by atoms with E-state index in [9.17, 15) is 18.0 Å². The molecule has 3 heterocycles. The lowest BCUT2D eigenvalue weighted by Crippen LogP contribution is -2.65. The Kier molecular flexibility index (Phi) is 5.32. The maximum absolute atomic E-state index is 13.5. The zero-order chi connectivity index (χ0) is 23.2. The highest BCUT2D eigenvalue weighted by Crippen LogP contribution is 2.29. The predicted molar refractivity (Wildman–Crippen MR) is 120 cm³/mol. The van der Waals surface area contributed by atoms with Gasteiger partial charge in [-0.15, -0.1) is 0 Å². The summed E-state index contributed by atoms with van der Waals surface area (Å²) in [4.78, 5) is 19.9. The Bertz CT molecular complexity index is 1440. The summed E-state index contributed by atoms with van der Waals surface area (Å²) in [7, 11) is 0. The van der Waals surface area contributed by atoms with Crippen LogP contribution in [0.3, 0.4) is 0 Å². The number of aliphatic imine (C=N–C) groups is 1. The van der Waals surface area contributed by atoms with Crippen LogP contribution >= 0.6 is 11.6 Å². The number of halogens is 4. The summed E-state index contributed by atoms with van der Waals surface area (Å²) in [6, 6.07) is 12.4. The number of benzene rings is 2. The second-order valence-electron chi connectivity index (χ2n) is 8.00. The van der Waals surface area contributed by atoms with Crippen LogP contribution in [0.2, 0.25) is 5.02 Å². The Morgan fingerprint density at radius 3 is 2.58 bits per heavy atom. The van der Waals surface area contributed by atoms with Crippen molar-refractivity contribution in [3.05, 3.63) is 91.2 Å². The van der Waals surface area contributed by atoms with Crippen molar-refractivity contribution in [3.63, 3.8) is 0 Å². The molecule has 168 valence electrons. The lowest BCUT2D eigenvalue weighted by molar-refractivity contribution is -0.681. The lowest BCUT2D eigenvalue weighted by atomic mass is 10.1. The molecular formula is C24H19ClF3N4O+. The summed E-state index contributed by atoms with van der Waals surface area (Å²) >= 11 is 6.10. The third kappa shape index (κ3) is 4.18. The predicted octanol–water partition coefficient (Wildman–Crippen LogP) is 2.61. The van der Waals surface area contributed by atoms with E-state index in [-0.39, 0.29) is 12.1 Å². The van der Waals surface area contributed by atoms with Gasteiger partial charge in [-0.1, -0.05) is 40.9 Å². The van der Waals surface area contributed by atoms with Crippen molar-refractivity contribution in [2.24, 2.45) is 4.99 Å². The van der Waals surface area contributed by atoms with Gasteiger partial charge >= 0.3 is 17.7 Å². The van der Waals surface area contributed by atoms with Gasteiger partial charge in [0.2, 0.25) is 0 Å². The van der Waals surface area contributed by atoms with Crippen LogP contribution in [0.5, 0.6) is 0 Å². The standard InChI is InChI=1S/C24H19ClF3N4O/c25-19-3-1-2-17(12-19)13-30-10-8-21-20(15-30)22(33)32(23-29-9-11-31(21)23)14-16-4-6-18(7-5-16)24(26,27)28/h1-9,12,15H,10-11,13-14H2/q+1. The van der Waals surface area contributed by atoms with E-state index in [1.54, 1.807) is 6.21 Å². The van der Waals surface area contributed by atoms with Gasteiger partial charge in [-0.05, 0) is 41.5 Å². The van der Waals surface area contributed by atoms with Crippen LogP contribution in [0.25, 0.3) is 12.3 Å². The lowest BCUT2D eigenvalue weighted by Gasteiger charge is -2.21. The fraction of sp³-hybridized carbons (Fsp3) is 0.208. The summed E-state index contributed by atoms with van der Waals surface area (Å²) in [6.45, 7) is 1.87. The van der Waals surface area contributed by atoms with E-state index < -0.39 is 11.7 Å². The summed E-state index contributed by atoms with van der Waals surface area (Å²) in [5.74, 6) is 0.492. The zero-order valence-corrected chi connectivity index (χ0v) is 18.1. The maximum atomic E-state index is 13.5. The SMILES string of the molecule is O=c1c2c([n+]3c(n1Cc1ccc(C(F)(F)F)cc1)N=CC3)=CCN(Cc1cccc(Cl)c1)C=2. The molecule has 0 radical (unpaired) electrons. The van der Waals surface area contributed by atoms with Crippen LogP contribution in [-0.4, -0.2) is 22.2 Å². The number of hydrogen-bond donors (Lipinski definition) is 0. The molecular weight excluding hydrogens is 453 g/mol. The highest BCUT2D eigenvalue weighted by atomic mass is 35.5. The Balaban J connectivity index is 1.54. The second-order valence-corrected chi connectivity index (χ2v) is 8.44. The molecule has 0 aliphatic carbocycles. The third-order valence-electron chi connectivity index (χ3n) is 5.72. The molecule has 0 amide bonds. The van der Waals surface area contributed by atoms with E-state index in [0.29, 0.717) is 41.4 Å². The minimum absolute atomic E-state index is 0.124. The van der Waals surface area contributed by atoms with E-state index in [0.717, 1.165) is 23.0 Å². The Morgan fingerprint density at radius 1 is 1.06 bits per heavy atom. The van der Waals surface area contributed by atoms with Crippen molar-refractivity contribution in [3.8, 4) is 0 Å². The molecule has 3 aromatic rings. The average Bonchev–Trinajstić information content (AvgIpc) is 3.26. The molecule has 0 saturated heterocycles. The van der Waals surface area contributed by atoms with Gasteiger partial charge in [0.25, 0.3) is 0 Å². The van der Waals surface area contributed by atoms with Gasteiger partial charge in [-0.3, -0.25) is 0 Å². The first-order valence-corrected chi connectivity index (χ1v) is 10.7. The smallest absolute Gasteiger partial charge is 0.368 e. The molecule has 0 fully saturated rings. The summed E-state index contributed by atoms with van der Waals surface area (Å²) in [6.07, 6.45) is 1.17. The molecule has 0 atom stereocenters. The number of rotatable bonds is 4. The monoisotopic (exact) mass is 471 g/mol. The Hall–Kier alpha value is -3.39. The topological polar surface area (TPSA) is 41.5 Å². The molecule has 0 bridgehead atoms. The quantitative estimate of drug-likeness (QED) is 0.549. The van der Waals surface area contributed by atoms with E-state index in [4.69, 9.17) is 11.6 Å². The van der Waals surface area contributed by atoms with Crippen molar-refractivity contribution in [1.29, 1.82) is 0 Å². The fourth-order valence-electron chi connectivity index (χ4n) is 4.15. The van der Waals surface area contributed by atoms with Crippen molar-refractivity contribution < 1.29 is 17.7 Å². The van der Waals surface area contributed by atoms with Gasteiger partial charge in [0.1, 0.15) is 29.9 Å². The molecule has 0 spiro atoms. The number of fused-ring (bicyclic) bond motifs is 3. The van der Waals surface area contributed by atoms with Crippen LogP contribution in [-0.2, 0) is 25.8 Å². The zero-order valence-electron chi connectivity index (χ0n) is 17.4. The normalized spacial score (nSPS) is 14.5. The first-order valence-electron chi connectivity index (χ1n) is 10.4. The van der Waals surface area contributed by atoms with E-state index in [2.05, 4.69) is 4.99 Å². The van der Waals surface area contributed by atoms with Crippen LogP contribution in [0, 0.1) is 0 Å².